The van der Waals surface area contributed by atoms with Crippen molar-refractivity contribution in [2.75, 3.05) is 20.6 Å². The van der Waals surface area contributed by atoms with Crippen LogP contribution in [0.2, 0.25) is 0 Å². The van der Waals surface area contributed by atoms with Crippen LogP contribution in [0.5, 0.6) is 0 Å². The zero-order valence-corrected chi connectivity index (χ0v) is 14.6. The fourth-order valence-electron chi connectivity index (χ4n) is 3.07. The van der Waals surface area contributed by atoms with E-state index in [4.69, 9.17) is 0 Å². The molecule has 1 heterocycles. The zero-order valence-electron chi connectivity index (χ0n) is 13.8. The maximum absolute atomic E-state index is 12.2. The van der Waals surface area contributed by atoms with E-state index in [1.54, 1.807) is 18.2 Å². The highest BCUT2D eigenvalue weighted by Crippen LogP contribution is 2.28. The Kier molecular flexibility index (Phi) is 4.96. The largest absolute Gasteiger partial charge is 0.389 e. The van der Waals surface area contributed by atoms with Crippen LogP contribution in [0.15, 0.2) is 29.2 Å². The van der Waals surface area contributed by atoms with Crippen LogP contribution in [0, 0.1) is 0 Å². The number of likely N-dealkylation sites (tertiary alicyclic amines) is 1. The molecule has 1 aromatic rings. The lowest BCUT2D eigenvalue weighted by molar-refractivity contribution is -0.00503. The molecule has 6 heteroatoms. The van der Waals surface area contributed by atoms with Crippen molar-refractivity contribution in [2.24, 2.45) is 0 Å². The summed E-state index contributed by atoms with van der Waals surface area (Å²) in [5.41, 5.74) is 0.211. The molecule has 1 saturated heterocycles. The van der Waals surface area contributed by atoms with Crippen molar-refractivity contribution in [1.29, 1.82) is 0 Å². The van der Waals surface area contributed by atoms with Crippen LogP contribution in [0.3, 0.4) is 0 Å². The lowest BCUT2D eigenvalue weighted by atomic mass is 9.96. The second-order valence-corrected chi connectivity index (χ2v) is 8.87. The van der Waals surface area contributed by atoms with Crippen molar-refractivity contribution < 1.29 is 13.5 Å². The summed E-state index contributed by atoms with van der Waals surface area (Å²) in [6.07, 6.45) is 2.03. The van der Waals surface area contributed by atoms with Gasteiger partial charge in [0.25, 0.3) is 0 Å². The van der Waals surface area contributed by atoms with Gasteiger partial charge in [0.05, 0.1) is 10.5 Å². The van der Waals surface area contributed by atoms with Crippen LogP contribution < -0.4 is 0 Å². The lowest BCUT2D eigenvalue weighted by Crippen LogP contribution is -2.45. The van der Waals surface area contributed by atoms with Crippen molar-refractivity contribution in [3.8, 4) is 0 Å². The Bertz CT molecular complexity index is 621. The molecule has 1 aromatic carbocycles. The van der Waals surface area contributed by atoms with E-state index >= 15 is 0 Å². The molecule has 1 aliphatic heterocycles. The fourth-order valence-corrected chi connectivity index (χ4v) is 4.04. The summed E-state index contributed by atoms with van der Waals surface area (Å²) in [6.45, 7) is 5.26. The molecule has 0 saturated carbocycles. The summed E-state index contributed by atoms with van der Waals surface area (Å²) in [5.74, 6) is 0. The van der Waals surface area contributed by atoms with Gasteiger partial charge in [-0.25, -0.2) is 12.7 Å². The number of sulfonamides is 1. The van der Waals surface area contributed by atoms with Gasteiger partial charge in [0.15, 0.2) is 0 Å². The van der Waals surface area contributed by atoms with Crippen molar-refractivity contribution >= 4 is 10.0 Å². The van der Waals surface area contributed by atoms with Crippen LogP contribution in [0.1, 0.15) is 32.3 Å². The fraction of sp³-hybridized carbons (Fsp3) is 0.625. The smallest absolute Gasteiger partial charge is 0.242 e. The molecular weight excluding hydrogens is 300 g/mol. The molecule has 5 nitrogen and oxygen atoms in total. The van der Waals surface area contributed by atoms with Crippen LogP contribution in [-0.2, 0) is 16.6 Å². The highest BCUT2D eigenvalue weighted by molar-refractivity contribution is 7.89. The quantitative estimate of drug-likeness (QED) is 0.894. The van der Waals surface area contributed by atoms with Crippen LogP contribution in [-0.4, -0.2) is 55.0 Å². The Labute approximate surface area is 133 Å². The molecule has 0 bridgehead atoms. The molecule has 22 heavy (non-hydrogen) atoms. The average Bonchev–Trinajstić information content (AvgIpc) is 2.87. The number of benzene rings is 1. The van der Waals surface area contributed by atoms with Crippen molar-refractivity contribution in [1.82, 2.24) is 9.21 Å². The summed E-state index contributed by atoms with van der Waals surface area (Å²) in [7, 11) is -0.340. The monoisotopic (exact) mass is 326 g/mol. The summed E-state index contributed by atoms with van der Waals surface area (Å²) in [5, 5.41) is 10.3. The van der Waals surface area contributed by atoms with Gasteiger partial charge in [-0.15, -0.1) is 0 Å². The van der Waals surface area contributed by atoms with Gasteiger partial charge in [0, 0.05) is 26.7 Å². The van der Waals surface area contributed by atoms with Gasteiger partial charge < -0.3 is 5.11 Å². The number of hydrogen-bond donors (Lipinski definition) is 1. The molecule has 1 atom stereocenters. The van der Waals surface area contributed by atoms with Gasteiger partial charge in [-0.05, 0) is 50.9 Å². The predicted molar refractivity (Wildman–Crippen MR) is 87.0 cm³/mol. The highest BCUT2D eigenvalue weighted by atomic mass is 32.2. The molecule has 0 radical (unpaired) electrons. The third kappa shape index (κ3) is 3.68. The maximum Gasteiger partial charge on any atom is 0.242 e. The van der Waals surface area contributed by atoms with E-state index < -0.39 is 15.6 Å². The minimum Gasteiger partial charge on any atom is -0.389 e. The van der Waals surface area contributed by atoms with E-state index in [9.17, 15) is 13.5 Å². The minimum absolute atomic E-state index is 0.113. The molecule has 0 spiro atoms. The summed E-state index contributed by atoms with van der Waals surface area (Å²) in [6, 6.07) is 7.18. The number of hydrogen-bond acceptors (Lipinski definition) is 4. The van der Waals surface area contributed by atoms with Gasteiger partial charge in [-0.3, -0.25) is 4.90 Å². The first-order chi connectivity index (χ1) is 10.1. The first-order valence-corrected chi connectivity index (χ1v) is 9.04. The molecule has 0 amide bonds. The SMILES string of the molecule is CN(C)S(=O)(=O)c1cccc(CN2CCCC2C(C)(C)O)c1. The standard InChI is InChI=1S/C16H26N2O3S/c1-16(2,19)15-9-6-10-18(15)12-13-7-5-8-14(11-13)22(20,21)17(3)4/h5,7-8,11,15,19H,6,9-10,12H2,1-4H3. The molecule has 1 fully saturated rings. The van der Waals surface area contributed by atoms with Gasteiger partial charge in [-0.1, -0.05) is 12.1 Å². The lowest BCUT2D eigenvalue weighted by Gasteiger charge is -2.34. The Balaban J connectivity index is 2.21. The number of nitrogens with zero attached hydrogens (tertiary/aromatic N) is 2. The van der Waals surface area contributed by atoms with E-state index in [1.807, 2.05) is 19.9 Å². The summed E-state index contributed by atoms with van der Waals surface area (Å²) >= 11 is 0. The molecule has 2 rings (SSSR count). The van der Waals surface area contributed by atoms with E-state index in [1.165, 1.54) is 18.4 Å². The summed E-state index contributed by atoms with van der Waals surface area (Å²) in [4.78, 5) is 2.55. The van der Waals surface area contributed by atoms with Gasteiger partial charge in [0.2, 0.25) is 10.0 Å². The van der Waals surface area contributed by atoms with Gasteiger partial charge >= 0.3 is 0 Å². The predicted octanol–water partition coefficient (Wildman–Crippen LogP) is 1.67. The van der Waals surface area contributed by atoms with Crippen molar-refractivity contribution in [3.63, 3.8) is 0 Å². The van der Waals surface area contributed by atoms with E-state index in [2.05, 4.69) is 4.90 Å². The third-order valence-electron chi connectivity index (χ3n) is 4.24. The van der Waals surface area contributed by atoms with E-state index in [-0.39, 0.29) is 6.04 Å². The van der Waals surface area contributed by atoms with Gasteiger partial charge in [0.1, 0.15) is 0 Å². The van der Waals surface area contributed by atoms with Crippen molar-refractivity contribution in [2.45, 2.75) is 49.8 Å². The minimum atomic E-state index is -3.41. The van der Waals surface area contributed by atoms with Gasteiger partial charge in [-0.2, -0.15) is 0 Å². The molecule has 1 N–H and O–H groups in total. The normalized spacial score (nSPS) is 20.7. The Hall–Kier alpha value is -0.950. The van der Waals surface area contributed by atoms with Crippen LogP contribution in [0.4, 0.5) is 0 Å². The zero-order chi connectivity index (χ0) is 16.5. The maximum atomic E-state index is 12.2. The first kappa shape index (κ1) is 17.4. The Morgan fingerprint density at radius 3 is 2.64 bits per heavy atom. The number of rotatable bonds is 5. The second-order valence-electron chi connectivity index (χ2n) is 6.72. The molecule has 0 aliphatic carbocycles. The molecule has 1 aliphatic rings. The van der Waals surface area contributed by atoms with Crippen LogP contribution in [0.25, 0.3) is 0 Å². The number of aliphatic hydroxyl groups is 1. The van der Waals surface area contributed by atoms with Crippen LogP contribution >= 0.6 is 0 Å². The van der Waals surface area contributed by atoms with E-state index in [0.717, 1.165) is 24.9 Å². The molecule has 124 valence electrons. The highest BCUT2D eigenvalue weighted by Gasteiger charge is 2.35. The molecule has 0 aromatic heterocycles. The average molecular weight is 326 g/mol. The Morgan fingerprint density at radius 2 is 2.05 bits per heavy atom. The first-order valence-electron chi connectivity index (χ1n) is 7.60. The summed E-state index contributed by atoms with van der Waals surface area (Å²) < 4.78 is 25.7. The van der Waals surface area contributed by atoms with E-state index in [0.29, 0.717) is 11.4 Å². The molecule has 1 unspecified atom stereocenters. The van der Waals surface area contributed by atoms with Crippen molar-refractivity contribution in [3.05, 3.63) is 29.8 Å². The third-order valence-corrected chi connectivity index (χ3v) is 6.05. The second kappa shape index (κ2) is 6.28. The Morgan fingerprint density at radius 1 is 1.36 bits per heavy atom. The molecular formula is C16H26N2O3S. The topological polar surface area (TPSA) is 60.9 Å².